The van der Waals surface area contributed by atoms with Gasteiger partial charge >= 0.3 is 5.97 Å². The molecule has 0 radical (unpaired) electrons. The van der Waals surface area contributed by atoms with Crippen molar-refractivity contribution in [3.05, 3.63) is 0 Å². The molecule has 0 saturated carbocycles. The molecule has 0 rings (SSSR count). The van der Waals surface area contributed by atoms with E-state index in [0.717, 1.165) is 6.42 Å². The van der Waals surface area contributed by atoms with Gasteiger partial charge in [0.25, 0.3) is 0 Å². The fourth-order valence-electron chi connectivity index (χ4n) is 0.973. The van der Waals surface area contributed by atoms with Crippen molar-refractivity contribution in [2.24, 2.45) is 5.92 Å². The van der Waals surface area contributed by atoms with Crippen LogP contribution in [0.25, 0.3) is 0 Å². The molecule has 0 bridgehead atoms. The van der Waals surface area contributed by atoms with Gasteiger partial charge in [0.05, 0.1) is 6.61 Å². The van der Waals surface area contributed by atoms with Crippen molar-refractivity contribution in [1.29, 1.82) is 0 Å². The first-order valence-corrected chi connectivity index (χ1v) is 4.86. The SMILES string of the molecule is CCCCC(C)COC(=O)CC. The summed E-state index contributed by atoms with van der Waals surface area (Å²) in [4.78, 5) is 10.8. The lowest BCUT2D eigenvalue weighted by Gasteiger charge is -2.10. The van der Waals surface area contributed by atoms with Crippen LogP contribution >= 0.6 is 0 Å². The van der Waals surface area contributed by atoms with Gasteiger partial charge in [-0.15, -0.1) is 0 Å². The van der Waals surface area contributed by atoms with Crippen LogP contribution in [0.15, 0.2) is 0 Å². The summed E-state index contributed by atoms with van der Waals surface area (Å²) in [6.45, 7) is 6.70. The molecule has 0 amide bonds. The van der Waals surface area contributed by atoms with Crippen LogP contribution in [0.3, 0.4) is 0 Å². The molecule has 0 heterocycles. The summed E-state index contributed by atoms with van der Waals surface area (Å²) in [6, 6.07) is 0. The van der Waals surface area contributed by atoms with Gasteiger partial charge in [-0.05, 0) is 12.3 Å². The quantitative estimate of drug-likeness (QED) is 0.576. The zero-order valence-electron chi connectivity index (χ0n) is 8.43. The average Bonchev–Trinajstić information content (AvgIpc) is 2.10. The van der Waals surface area contributed by atoms with Crippen molar-refractivity contribution < 1.29 is 9.53 Å². The fourth-order valence-corrected chi connectivity index (χ4v) is 0.973. The van der Waals surface area contributed by atoms with Gasteiger partial charge in [-0.2, -0.15) is 0 Å². The highest BCUT2D eigenvalue weighted by Crippen LogP contribution is 2.07. The Hall–Kier alpha value is -0.530. The van der Waals surface area contributed by atoms with Gasteiger partial charge in [-0.3, -0.25) is 4.79 Å². The summed E-state index contributed by atoms with van der Waals surface area (Å²) in [6.07, 6.45) is 4.09. The van der Waals surface area contributed by atoms with Crippen molar-refractivity contribution >= 4 is 5.97 Å². The summed E-state index contributed by atoms with van der Waals surface area (Å²) in [5.41, 5.74) is 0. The zero-order valence-corrected chi connectivity index (χ0v) is 8.43. The second kappa shape index (κ2) is 7.14. The highest BCUT2D eigenvalue weighted by molar-refractivity contribution is 5.68. The Morgan fingerprint density at radius 3 is 2.58 bits per heavy atom. The van der Waals surface area contributed by atoms with Gasteiger partial charge in [0.15, 0.2) is 0 Å². The van der Waals surface area contributed by atoms with E-state index in [0.29, 0.717) is 18.9 Å². The smallest absolute Gasteiger partial charge is 0.305 e. The molecule has 0 aromatic heterocycles. The van der Waals surface area contributed by atoms with Crippen LogP contribution in [-0.4, -0.2) is 12.6 Å². The van der Waals surface area contributed by atoms with Gasteiger partial charge in [0.2, 0.25) is 0 Å². The molecule has 72 valence electrons. The molecule has 2 heteroatoms. The fraction of sp³-hybridized carbons (Fsp3) is 0.900. The number of unbranched alkanes of at least 4 members (excludes halogenated alkanes) is 1. The van der Waals surface area contributed by atoms with E-state index in [1.165, 1.54) is 12.8 Å². The Labute approximate surface area is 75.3 Å². The third-order valence-electron chi connectivity index (χ3n) is 1.87. The van der Waals surface area contributed by atoms with Crippen molar-refractivity contribution in [2.75, 3.05) is 6.61 Å². The largest absolute Gasteiger partial charge is 0.465 e. The number of esters is 1. The molecule has 0 aliphatic rings. The Balaban J connectivity index is 3.30. The molecule has 0 saturated heterocycles. The number of carbonyl (C=O) groups excluding carboxylic acids is 1. The van der Waals surface area contributed by atoms with E-state index < -0.39 is 0 Å². The normalized spacial score (nSPS) is 12.6. The predicted octanol–water partition coefficient (Wildman–Crippen LogP) is 2.77. The van der Waals surface area contributed by atoms with Gasteiger partial charge in [-0.25, -0.2) is 0 Å². The molecular formula is C10H20O2. The topological polar surface area (TPSA) is 26.3 Å². The van der Waals surface area contributed by atoms with Crippen LogP contribution in [0.2, 0.25) is 0 Å². The molecular weight excluding hydrogens is 152 g/mol. The van der Waals surface area contributed by atoms with E-state index in [9.17, 15) is 4.79 Å². The van der Waals surface area contributed by atoms with Crippen LogP contribution in [-0.2, 0) is 9.53 Å². The number of ether oxygens (including phenoxy) is 1. The first kappa shape index (κ1) is 11.5. The molecule has 0 aliphatic carbocycles. The summed E-state index contributed by atoms with van der Waals surface area (Å²) in [5, 5.41) is 0. The van der Waals surface area contributed by atoms with Crippen LogP contribution in [0.1, 0.15) is 46.5 Å². The van der Waals surface area contributed by atoms with Gasteiger partial charge in [0, 0.05) is 6.42 Å². The maximum Gasteiger partial charge on any atom is 0.305 e. The molecule has 0 N–H and O–H groups in total. The van der Waals surface area contributed by atoms with Gasteiger partial charge in [0.1, 0.15) is 0 Å². The van der Waals surface area contributed by atoms with E-state index in [2.05, 4.69) is 13.8 Å². The van der Waals surface area contributed by atoms with Crippen LogP contribution in [0, 0.1) is 5.92 Å². The Morgan fingerprint density at radius 1 is 1.42 bits per heavy atom. The highest BCUT2D eigenvalue weighted by atomic mass is 16.5. The van der Waals surface area contributed by atoms with Crippen LogP contribution in [0.4, 0.5) is 0 Å². The maximum atomic E-state index is 10.8. The van der Waals surface area contributed by atoms with E-state index in [1.807, 2.05) is 6.92 Å². The molecule has 0 fully saturated rings. The summed E-state index contributed by atoms with van der Waals surface area (Å²) >= 11 is 0. The number of carbonyl (C=O) groups is 1. The third kappa shape index (κ3) is 6.20. The van der Waals surface area contributed by atoms with Crippen LogP contribution < -0.4 is 0 Å². The second-order valence-corrected chi connectivity index (χ2v) is 3.28. The molecule has 12 heavy (non-hydrogen) atoms. The van der Waals surface area contributed by atoms with Gasteiger partial charge < -0.3 is 4.74 Å². The summed E-state index contributed by atoms with van der Waals surface area (Å²) in [7, 11) is 0. The molecule has 0 aromatic rings. The van der Waals surface area contributed by atoms with Crippen LogP contribution in [0.5, 0.6) is 0 Å². The lowest BCUT2D eigenvalue weighted by molar-refractivity contribution is -0.144. The van der Waals surface area contributed by atoms with E-state index in [4.69, 9.17) is 4.74 Å². The standard InChI is InChI=1S/C10H20O2/c1-4-6-7-9(3)8-12-10(11)5-2/h9H,4-8H2,1-3H3. The second-order valence-electron chi connectivity index (χ2n) is 3.28. The Kier molecular flexibility index (Phi) is 6.82. The van der Waals surface area contributed by atoms with E-state index in [1.54, 1.807) is 0 Å². The number of hydrogen-bond acceptors (Lipinski definition) is 2. The maximum absolute atomic E-state index is 10.8. The Bertz CT molecular complexity index is 121. The Morgan fingerprint density at radius 2 is 2.08 bits per heavy atom. The van der Waals surface area contributed by atoms with Crippen molar-refractivity contribution in [2.45, 2.75) is 46.5 Å². The monoisotopic (exact) mass is 172 g/mol. The third-order valence-corrected chi connectivity index (χ3v) is 1.87. The predicted molar refractivity (Wildman–Crippen MR) is 49.9 cm³/mol. The molecule has 1 atom stereocenters. The lowest BCUT2D eigenvalue weighted by atomic mass is 10.1. The van der Waals surface area contributed by atoms with E-state index in [-0.39, 0.29) is 5.97 Å². The first-order valence-electron chi connectivity index (χ1n) is 4.86. The van der Waals surface area contributed by atoms with Crippen molar-refractivity contribution in [3.63, 3.8) is 0 Å². The average molecular weight is 172 g/mol. The minimum Gasteiger partial charge on any atom is -0.465 e. The lowest BCUT2D eigenvalue weighted by Crippen LogP contribution is -2.10. The highest BCUT2D eigenvalue weighted by Gasteiger charge is 2.04. The molecule has 0 aliphatic heterocycles. The molecule has 0 spiro atoms. The summed E-state index contributed by atoms with van der Waals surface area (Å²) < 4.78 is 5.01. The molecule has 0 aromatic carbocycles. The first-order chi connectivity index (χ1) is 5.70. The van der Waals surface area contributed by atoms with Crippen molar-refractivity contribution in [3.8, 4) is 0 Å². The minimum atomic E-state index is -0.0849. The molecule has 1 unspecified atom stereocenters. The van der Waals surface area contributed by atoms with Crippen molar-refractivity contribution in [1.82, 2.24) is 0 Å². The van der Waals surface area contributed by atoms with E-state index >= 15 is 0 Å². The number of hydrogen-bond donors (Lipinski definition) is 0. The zero-order chi connectivity index (χ0) is 9.40. The number of rotatable bonds is 6. The molecule has 2 nitrogen and oxygen atoms in total. The van der Waals surface area contributed by atoms with Gasteiger partial charge in [-0.1, -0.05) is 33.6 Å². The minimum absolute atomic E-state index is 0.0849. The summed E-state index contributed by atoms with van der Waals surface area (Å²) in [5.74, 6) is 0.429.